The number of carbonyl (C=O) groups is 2. The van der Waals surface area contributed by atoms with Gasteiger partial charge in [0.05, 0.1) is 6.04 Å². The second-order valence-electron chi connectivity index (χ2n) is 7.41. The normalized spacial score (nSPS) is 25.0. The first-order valence-corrected chi connectivity index (χ1v) is 9.32. The lowest BCUT2D eigenvalue weighted by Gasteiger charge is -2.37. The Morgan fingerprint density at radius 2 is 1.61 bits per heavy atom. The maximum Gasteiger partial charge on any atom is 0.239 e. The monoisotopic (exact) mass is 323 g/mol. The van der Waals surface area contributed by atoms with Gasteiger partial charge < -0.3 is 10.2 Å². The van der Waals surface area contributed by atoms with Gasteiger partial charge in [-0.1, -0.05) is 26.7 Å². The average molecular weight is 323 g/mol. The minimum atomic E-state index is -0.0346. The molecule has 2 fully saturated rings. The zero-order valence-electron chi connectivity index (χ0n) is 15.0. The highest BCUT2D eigenvalue weighted by Gasteiger charge is 2.30. The molecule has 2 aliphatic rings. The highest BCUT2D eigenvalue weighted by atomic mass is 16.2. The molecule has 5 nitrogen and oxygen atoms in total. The summed E-state index contributed by atoms with van der Waals surface area (Å²) >= 11 is 0. The van der Waals surface area contributed by atoms with Crippen LogP contribution in [0.2, 0.25) is 0 Å². The molecule has 0 bridgehead atoms. The van der Waals surface area contributed by atoms with E-state index in [1.54, 1.807) is 0 Å². The molecule has 2 heterocycles. The predicted molar refractivity (Wildman–Crippen MR) is 92.1 cm³/mol. The molecule has 0 aromatic rings. The van der Waals surface area contributed by atoms with Crippen molar-refractivity contribution in [1.29, 1.82) is 0 Å². The highest BCUT2D eigenvalue weighted by Crippen LogP contribution is 2.17. The van der Waals surface area contributed by atoms with Gasteiger partial charge in [-0.25, -0.2) is 0 Å². The van der Waals surface area contributed by atoms with Crippen LogP contribution in [-0.2, 0) is 9.59 Å². The summed E-state index contributed by atoms with van der Waals surface area (Å²) in [6.45, 7) is 9.41. The number of likely N-dealkylation sites (tertiary alicyclic amines) is 2. The van der Waals surface area contributed by atoms with Crippen molar-refractivity contribution >= 4 is 11.8 Å². The fraction of sp³-hybridized carbons (Fsp3) is 0.889. The second kappa shape index (κ2) is 8.67. The van der Waals surface area contributed by atoms with Crippen molar-refractivity contribution in [3.05, 3.63) is 0 Å². The number of piperidine rings is 1. The molecule has 2 saturated heterocycles. The van der Waals surface area contributed by atoms with Crippen molar-refractivity contribution < 1.29 is 9.59 Å². The Labute approximate surface area is 140 Å². The van der Waals surface area contributed by atoms with E-state index in [2.05, 4.69) is 10.2 Å². The second-order valence-corrected chi connectivity index (χ2v) is 7.41. The molecule has 2 amide bonds. The fourth-order valence-electron chi connectivity index (χ4n) is 3.57. The van der Waals surface area contributed by atoms with E-state index in [1.165, 1.54) is 25.7 Å². The van der Waals surface area contributed by atoms with Crippen molar-refractivity contribution in [2.24, 2.45) is 5.92 Å². The maximum absolute atomic E-state index is 12.8. The molecule has 2 rings (SSSR count). The summed E-state index contributed by atoms with van der Waals surface area (Å²) < 4.78 is 0. The quantitative estimate of drug-likeness (QED) is 0.861. The lowest BCUT2D eigenvalue weighted by Crippen LogP contribution is -2.54. The molecular weight excluding hydrogens is 290 g/mol. The largest absolute Gasteiger partial charge is 0.351 e. The molecule has 23 heavy (non-hydrogen) atoms. The number of nitrogens with one attached hydrogen (secondary N) is 1. The molecule has 0 aromatic heterocycles. The molecule has 0 aromatic carbocycles. The zero-order valence-corrected chi connectivity index (χ0v) is 15.0. The number of rotatable bonds is 4. The summed E-state index contributed by atoms with van der Waals surface area (Å²) in [6.07, 6.45) is 6.91. The third-order valence-electron chi connectivity index (χ3n) is 5.15. The van der Waals surface area contributed by atoms with Crippen LogP contribution in [0, 0.1) is 5.92 Å². The Bertz CT molecular complexity index is 403. The summed E-state index contributed by atoms with van der Waals surface area (Å²) in [6, 6.07) is 0.0755. The first-order valence-electron chi connectivity index (χ1n) is 9.32. The predicted octanol–water partition coefficient (Wildman–Crippen LogP) is 2.01. The Kier molecular flexibility index (Phi) is 6.88. The number of amides is 2. The van der Waals surface area contributed by atoms with E-state index in [0.717, 1.165) is 32.5 Å². The Morgan fingerprint density at radius 3 is 2.22 bits per heavy atom. The van der Waals surface area contributed by atoms with E-state index in [9.17, 15) is 9.59 Å². The van der Waals surface area contributed by atoms with E-state index in [4.69, 9.17) is 0 Å². The molecule has 2 aliphatic heterocycles. The van der Waals surface area contributed by atoms with Crippen LogP contribution >= 0.6 is 0 Å². The van der Waals surface area contributed by atoms with Crippen molar-refractivity contribution in [3.63, 3.8) is 0 Å². The molecule has 0 aliphatic carbocycles. The lowest BCUT2D eigenvalue weighted by molar-refractivity contribution is -0.138. The summed E-state index contributed by atoms with van der Waals surface area (Å²) in [5.74, 6) is 0.317. The number of nitrogens with zero attached hydrogens (tertiary/aromatic N) is 2. The minimum Gasteiger partial charge on any atom is -0.351 e. The molecule has 2 atom stereocenters. The van der Waals surface area contributed by atoms with E-state index in [-0.39, 0.29) is 29.8 Å². The van der Waals surface area contributed by atoms with Crippen molar-refractivity contribution in [3.8, 4) is 0 Å². The lowest BCUT2D eigenvalue weighted by atomic mass is 10.0. The maximum atomic E-state index is 12.8. The van der Waals surface area contributed by atoms with Crippen LogP contribution in [0.5, 0.6) is 0 Å². The SMILES string of the molecule is CC(C)C(=O)NC1CCCN(C(=O)C(C)N2CCCCCC2)C1. The summed E-state index contributed by atoms with van der Waals surface area (Å²) in [5.41, 5.74) is 0. The van der Waals surface area contributed by atoms with Crippen LogP contribution in [0.4, 0.5) is 0 Å². The molecule has 0 radical (unpaired) electrons. The fourth-order valence-corrected chi connectivity index (χ4v) is 3.57. The van der Waals surface area contributed by atoms with Gasteiger partial charge in [0.15, 0.2) is 0 Å². The Hall–Kier alpha value is -1.10. The standard InChI is InChI=1S/C18H33N3O2/c1-14(2)17(22)19-16-9-8-12-21(13-16)18(23)15(3)20-10-6-4-5-7-11-20/h14-16H,4-13H2,1-3H3,(H,19,22). The van der Waals surface area contributed by atoms with Gasteiger partial charge in [0.25, 0.3) is 0 Å². The van der Waals surface area contributed by atoms with Crippen LogP contribution in [0.25, 0.3) is 0 Å². The molecule has 0 saturated carbocycles. The van der Waals surface area contributed by atoms with Crippen LogP contribution in [0.1, 0.15) is 59.3 Å². The van der Waals surface area contributed by atoms with Gasteiger partial charge in [-0.3, -0.25) is 14.5 Å². The van der Waals surface area contributed by atoms with Gasteiger partial charge in [0.1, 0.15) is 0 Å². The third-order valence-corrected chi connectivity index (χ3v) is 5.15. The number of hydrogen-bond donors (Lipinski definition) is 1. The van der Waals surface area contributed by atoms with Gasteiger partial charge in [-0.05, 0) is 45.7 Å². The Balaban J connectivity index is 1.89. The van der Waals surface area contributed by atoms with Crippen molar-refractivity contribution in [2.75, 3.05) is 26.2 Å². The van der Waals surface area contributed by atoms with Crippen molar-refractivity contribution in [1.82, 2.24) is 15.1 Å². The zero-order chi connectivity index (χ0) is 16.8. The van der Waals surface area contributed by atoms with E-state index < -0.39 is 0 Å². The van der Waals surface area contributed by atoms with Gasteiger partial charge in [0.2, 0.25) is 11.8 Å². The van der Waals surface area contributed by atoms with Crippen molar-refractivity contribution in [2.45, 2.75) is 71.4 Å². The molecule has 132 valence electrons. The molecule has 1 N–H and O–H groups in total. The summed E-state index contributed by atoms with van der Waals surface area (Å²) in [7, 11) is 0. The number of carbonyl (C=O) groups excluding carboxylic acids is 2. The molecule has 5 heteroatoms. The molecule has 0 spiro atoms. The molecule has 2 unspecified atom stereocenters. The highest BCUT2D eigenvalue weighted by molar-refractivity contribution is 5.82. The van der Waals surface area contributed by atoms with Gasteiger partial charge in [-0.15, -0.1) is 0 Å². The minimum absolute atomic E-state index is 0.00268. The third kappa shape index (κ3) is 5.20. The first kappa shape index (κ1) is 18.2. The molecular formula is C18H33N3O2. The van der Waals surface area contributed by atoms with E-state index in [0.29, 0.717) is 6.54 Å². The van der Waals surface area contributed by atoms with Gasteiger partial charge in [0, 0.05) is 25.0 Å². The summed E-state index contributed by atoms with van der Waals surface area (Å²) in [4.78, 5) is 29.0. The summed E-state index contributed by atoms with van der Waals surface area (Å²) in [5, 5.41) is 3.09. The van der Waals surface area contributed by atoms with Crippen LogP contribution in [0.3, 0.4) is 0 Å². The van der Waals surface area contributed by atoms with E-state index >= 15 is 0 Å². The average Bonchev–Trinajstić information content (AvgIpc) is 2.82. The van der Waals surface area contributed by atoms with Crippen LogP contribution < -0.4 is 5.32 Å². The topological polar surface area (TPSA) is 52.7 Å². The van der Waals surface area contributed by atoms with Gasteiger partial charge in [-0.2, -0.15) is 0 Å². The number of hydrogen-bond acceptors (Lipinski definition) is 3. The Morgan fingerprint density at radius 1 is 0.957 bits per heavy atom. The smallest absolute Gasteiger partial charge is 0.239 e. The first-order chi connectivity index (χ1) is 11.0. The van der Waals surface area contributed by atoms with Crippen LogP contribution in [0.15, 0.2) is 0 Å². The van der Waals surface area contributed by atoms with Crippen LogP contribution in [-0.4, -0.2) is 59.9 Å². The van der Waals surface area contributed by atoms with E-state index in [1.807, 2.05) is 25.7 Å². The van der Waals surface area contributed by atoms with Gasteiger partial charge >= 0.3 is 0 Å².